The van der Waals surface area contributed by atoms with Crippen molar-refractivity contribution in [3.63, 3.8) is 0 Å². The summed E-state index contributed by atoms with van der Waals surface area (Å²) < 4.78 is 19.4. The highest BCUT2D eigenvalue weighted by Gasteiger charge is 2.10. The molecule has 0 aliphatic rings. The Labute approximate surface area is 144 Å². The Morgan fingerprint density at radius 3 is 2.75 bits per heavy atom. The number of benzene rings is 1. The molecule has 24 heavy (non-hydrogen) atoms. The van der Waals surface area contributed by atoms with E-state index in [1.807, 2.05) is 11.4 Å². The molecule has 0 fully saturated rings. The van der Waals surface area contributed by atoms with E-state index in [0.29, 0.717) is 36.5 Å². The Morgan fingerprint density at radius 2 is 1.96 bits per heavy atom. The van der Waals surface area contributed by atoms with Crippen molar-refractivity contribution < 1.29 is 13.6 Å². The summed E-state index contributed by atoms with van der Waals surface area (Å²) in [5, 5.41) is 4.93. The molecule has 3 aromatic rings. The first-order valence-electron chi connectivity index (χ1n) is 7.85. The highest BCUT2D eigenvalue weighted by Crippen LogP contribution is 2.25. The standard InChI is InChI=1S/C19H18FNO2S/c20-17-6-2-1-5-16(17)18-9-7-14(23-18)8-10-19(22)21-12-11-15-4-3-13-24-15/h1-7,9,13H,8,10-12H2,(H,21,22). The molecule has 0 spiro atoms. The van der Waals surface area contributed by atoms with Gasteiger partial charge in [-0.05, 0) is 42.1 Å². The number of hydrogen-bond donors (Lipinski definition) is 1. The van der Waals surface area contributed by atoms with Crippen molar-refractivity contribution in [1.29, 1.82) is 0 Å². The van der Waals surface area contributed by atoms with Gasteiger partial charge in [-0.15, -0.1) is 11.3 Å². The number of hydrogen-bond acceptors (Lipinski definition) is 3. The molecule has 5 heteroatoms. The molecule has 2 heterocycles. The second-order valence-electron chi connectivity index (χ2n) is 5.43. The monoisotopic (exact) mass is 343 g/mol. The van der Waals surface area contributed by atoms with Crippen LogP contribution in [0.25, 0.3) is 11.3 Å². The number of halogens is 1. The van der Waals surface area contributed by atoms with E-state index in [9.17, 15) is 9.18 Å². The van der Waals surface area contributed by atoms with E-state index in [0.717, 1.165) is 6.42 Å². The number of furan rings is 1. The van der Waals surface area contributed by atoms with Crippen LogP contribution in [0.2, 0.25) is 0 Å². The molecule has 1 N–H and O–H groups in total. The predicted molar refractivity (Wildman–Crippen MR) is 93.5 cm³/mol. The van der Waals surface area contributed by atoms with Crippen LogP contribution in [0, 0.1) is 5.82 Å². The second-order valence-corrected chi connectivity index (χ2v) is 6.46. The topological polar surface area (TPSA) is 42.2 Å². The van der Waals surface area contributed by atoms with Crippen molar-refractivity contribution >= 4 is 17.2 Å². The Kier molecular flexibility index (Phi) is 5.43. The van der Waals surface area contributed by atoms with Crippen molar-refractivity contribution in [2.45, 2.75) is 19.3 Å². The molecule has 2 aromatic heterocycles. The van der Waals surface area contributed by atoms with E-state index < -0.39 is 0 Å². The second kappa shape index (κ2) is 7.93. The first-order valence-corrected chi connectivity index (χ1v) is 8.73. The molecule has 0 bridgehead atoms. The van der Waals surface area contributed by atoms with Crippen LogP contribution in [-0.4, -0.2) is 12.5 Å². The van der Waals surface area contributed by atoms with E-state index >= 15 is 0 Å². The van der Waals surface area contributed by atoms with Gasteiger partial charge < -0.3 is 9.73 Å². The lowest BCUT2D eigenvalue weighted by Crippen LogP contribution is -2.25. The number of carbonyl (C=O) groups is 1. The lowest BCUT2D eigenvalue weighted by Gasteiger charge is -2.03. The van der Waals surface area contributed by atoms with Gasteiger partial charge in [0, 0.05) is 24.3 Å². The van der Waals surface area contributed by atoms with Gasteiger partial charge in [0.15, 0.2) is 0 Å². The number of nitrogens with one attached hydrogen (secondary N) is 1. The maximum Gasteiger partial charge on any atom is 0.220 e. The maximum atomic E-state index is 13.7. The molecular formula is C19H18FNO2S. The number of aryl methyl sites for hydroxylation is 1. The number of amides is 1. The summed E-state index contributed by atoms with van der Waals surface area (Å²) in [6.07, 6.45) is 1.70. The Bertz CT molecular complexity index is 795. The zero-order chi connectivity index (χ0) is 16.8. The quantitative estimate of drug-likeness (QED) is 0.689. The molecule has 124 valence electrons. The normalized spacial score (nSPS) is 10.7. The summed E-state index contributed by atoms with van der Waals surface area (Å²) in [7, 11) is 0. The highest BCUT2D eigenvalue weighted by molar-refractivity contribution is 7.09. The fourth-order valence-corrected chi connectivity index (χ4v) is 3.13. The van der Waals surface area contributed by atoms with Gasteiger partial charge in [-0.1, -0.05) is 18.2 Å². The molecule has 0 atom stereocenters. The van der Waals surface area contributed by atoms with E-state index in [2.05, 4.69) is 11.4 Å². The molecule has 0 aliphatic heterocycles. The van der Waals surface area contributed by atoms with Gasteiger partial charge in [-0.3, -0.25) is 4.79 Å². The molecular weight excluding hydrogens is 325 g/mol. The summed E-state index contributed by atoms with van der Waals surface area (Å²) in [4.78, 5) is 13.1. The lowest BCUT2D eigenvalue weighted by atomic mass is 10.1. The van der Waals surface area contributed by atoms with Gasteiger partial charge in [0.1, 0.15) is 17.3 Å². The SMILES string of the molecule is O=C(CCc1ccc(-c2ccccc2F)o1)NCCc1cccs1. The fourth-order valence-electron chi connectivity index (χ4n) is 2.42. The van der Waals surface area contributed by atoms with Crippen LogP contribution in [0.5, 0.6) is 0 Å². The average Bonchev–Trinajstić information content (AvgIpc) is 3.25. The van der Waals surface area contributed by atoms with Crippen LogP contribution in [0.3, 0.4) is 0 Å². The minimum atomic E-state index is -0.315. The van der Waals surface area contributed by atoms with Crippen LogP contribution >= 0.6 is 11.3 Å². The summed E-state index contributed by atoms with van der Waals surface area (Å²) in [5.41, 5.74) is 0.434. The average molecular weight is 343 g/mol. The molecule has 0 radical (unpaired) electrons. The van der Waals surface area contributed by atoms with E-state index in [1.165, 1.54) is 10.9 Å². The van der Waals surface area contributed by atoms with Crippen molar-refractivity contribution in [3.05, 3.63) is 70.4 Å². The summed E-state index contributed by atoms with van der Waals surface area (Å²) in [6.45, 7) is 0.637. The van der Waals surface area contributed by atoms with Crippen molar-refractivity contribution in [3.8, 4) is 11.3 Å². The summed E-state index contributed by atoms with van der Waals surface area (Å²) in [6, 6.07) is 14.1. The maximum absolute atomic E-state index is 13.7. The smallest absolute Gasteiger partial charge is 0.220 e. The number of rotatable bonds is 7. The van der Waals surface area contributed by atoms with E-state index in [-0.39, 0.29) is 11.7 Å². The Morgan fingerprint density at radius 1 is 1.08 bits per heavy atom. The third-order valence-electron chi connectivity index (χ3n) is 3.67. The first kappa shape index (κ1) is 16.5. The highest BCUT2D eigenvalue weighted by atomic mass is 32.1. The molecule has 1 aromatic carbocycles. The lowest BCUT2D eigenvalue weighted by molar-refractivity contribution is -0.121. The predicted octanol–water partition coefficient (Wildman–Crippen LogP) is 4.44. The molecule has 3 nitrogen and oxygen atoms in total. The number of thiophene rings is 1. The van der Waals surface area contributed by atoms with E-state index in [1.54, 1.807) is 41.7 Å². The zero-order valence-electron chi connectivity index (χ0n) is 13.1. The third kappa shape index (κ3) is 4.32. The summed E-state index contributed by atoms with van der Waals surface area (Å²) >= 11 is 1.69. The van der Waals surface area contributed by atoms with Crippen molar-refractivity contribution in [1.82, 2.24) is 5.32 Å². The molecule has 0 aliphatic carbocycles. The number of carbonyl (C=O) groups excluding carboxylic acids is 1. The van der Waals surface area contributed by atoms with Crippen LogP contribution < -0.4 is 5.32 Å². The summed E-state index contributed by atoms with van der Waals surface area (Å²) in [5.74, 6) is 0.850. The Hall–Kier alpha value is -2.40. The molecule has 1 amide bonds. The molecule has 0 saturated carbocycles. The van der Waals surface area contributed by atoms with Crippen LogP contribution in [0.15, 0.2) is 58.3 Å². The third-order valence-corrected chi connectivity index (χ3v) is 4.61. The van der Waals surface area contributed by atoms with Crippen LogP contribution in [0.4, 0.5) is 4.39 Å². The molecule has 0 unspecified atom stereocenters. The first-order chi connectivity index (χ1) is 11.7. The molecule has 0 saturated heterocycles. The van der Waals surface area contributed by atoms with Crippen molar-refractivity contribution in [2.24, 2.45) is 0 Å². The van der Waals surface area contributed by atoms with E-state index in [4.69, 9.17) is 4.42 Å². The molecule has 3 rings (SSSR count). The van der Waals surface area contributed by atoms with Gasteiger partial charge in [0.2, 0.25) is 5.91 Å². The van der Waals surface area contributed by atoms with Gasteiger partial charge >= 0.3 is 0 Å². The van der Waals surface area contributed by atoms with Crippen LogP contribution in [-0.2, 0) is 17.6 Å². The minimum absolute atomic E-state index is 0.00426. The van der Waals surface area contributed by atoms with Gasteiger partial charge in [-0.25, -0.2) is 4.39 Å². The van der Waals surface area contributed by atoms with Crippen molar-refractivity contribution in [2.75, 3.05) is 6.54 Å². The fraction of sp³-hybridized carbons (Fsp3) is 0.211. The van der Waals surface area contributed by atoms with Gasteiger partial charge in [0.25, 0.3) is 0 Å². The minimum Gasteiger partial charge on any atom is -0.461 e. The van der Waals surface area contributed by atoms with Crippen LogP contribution in [0.1, 0.15) is 17.1 Å². The zero-order valence-corrected chi connectivity index (χ0v) is 13.9. The van der Waals surface area contributed by atoms with Gasteiger partial charge in [-0.2, -0.15) is 0 Å². The van der Waals surface area contributed by atoms with Gasteiger partial charge in [0.05, 0.1) is 5.56 Å². The largest absolute Gasteiger partial charge is 0.461 e. The Balaban J connectivity index is 1.47.